The maximum atomic E-state index is 9.59. The number of aryl methyl sites for hydroxylation is 2. The van der Waals surface area contributed by atoms with E-state index in [1.807, 2.05) is 0 Å². The average Bonchev–Trinajstić information content (AvgIpc) is 2.39. The van der Waals surface area contributed by atoms with Crippen LogP contribution >= 0.6 is 0 Å². The molecular weight excluding hydrogens is 260 g/mol. The fraction of sp³-hybridized carbons (Fsp3) is 0.200. The van der Waals surface area contributed by atoms with Crippen molar-refractivity contribution in [1.29, 1.82) is 0 Å². The van der Waals surface area contributed by atoms with Crippen LogP contribution in [-0.2, 0) is 12.8 Å². The Bertz CT molecular complexity index is 602. The van der Waals surface area contributed by atoms with Crippen molar-refractivity contribution in [3.8, 4) is 28.7 Å². The van der Waals surface area contributed by atoms with E-state index in [4.69, 9.17) is 4.74 Å². The van der Waals surface area contributed by atoms with Gasteiger partial charge in [0.05, 0.1) is 7.11 Å². The summed E-state index contributed by atoms with van der Waals surface area (Å²) in [5.74, 6) is -0.305. The highest BCUT2D eigenvalue weighted by atomic mass is 16.5. The minimum absolute atomic E-state index is 0.00568. The van der Waals surface area contributed by atoms with Gasteiger partial charge in [-0.25, -0.2) is 0 Å². The summed E-state index contributed by atoms with van der Waals surface area (Å²) in [6.45, 7) is 0. The molecule has 0 radical (unpaired) electrons. The molecule has 5 heteroatoms. The molecule has 0 fully saturated rings. The van der Waals surface area contributed by atoms with Crippen LogP contribution in [0.3, 0.4) is 0 Å². The Balaban J connectivity index is 2.16. The second-order valence-corrected chi connectivity index (χ2v) is 4.52. The number of methoxy groups -OCH3 is 1. The molecule has 20 heavy (non-hydrogen) atoms. The molecule has 4 N–H and O–H groups in total. The maximum Gasteiger partial charge on any atom is 0.200 e. The van der Waals surface area contributed by atoms with Gasteiger partial charge in [0.1, 0.15) is 11.5 Å². The van der Waals surface area contributed by atoms with Gasteiger partial charge in [-0.2, -0.15) is 0 Å². The summed E-state index contributed by atoms with van der Waals surface area (Å²) < 4.78 is 4.97. The smallest absolute Gasteiger partial charge is 0.200 e. The highest BCUT2D eigenvalue weighted by Gasteiger charge is 2.10. The summed E-state index contributed by atoms with van der Waals surface area (Å²) in [6, 6.07) is 7.49. The molecule has 0 unspecified atom stereocenters. The Morgan fingerprint density at radius 2 is 1.35 bits per heavy atom. The Morgan fingerprint density at radius 3 is 1.90 bits per heavy atom. The van der Waals surface area contributed by atoms with E-state index in [2.05, 4.69) is 0 Å². The van der Waals surface area contributed by atoms with Gasteiger partial charge in [0.25, 0.3) is 0 Å². The van der Waals surface area contributed by atoms with Crippen LogP contribution in [0.1, 0.15) is 11.1 Å². The third-order valence-corrected chi connectivity index (χ3v) is 3.00. The van der Waals surface area contributed by atoms with Crippen LogP contribution in [0.15, 0.2) is 30.3 Å². The zero-order valence-corrected chi connectivity index (χ0v) is 11.0. The lowest BCUT2D eigenvalue weighted by Gasteiger charge is -2.09. The third-order valence-electron chi connectivity index (χ3n) is 3.00. The topological polar surface area (TPSA) is 90.2 Å². The Labute approximate surface area is 116 Å². The van der Waals surface area contributed by atoms with Crippen molar-refractivity contribution in [3.63, 3.8) is 0 Å². The van der Waals surface area contributed by atoms with Crippen LogP contribution < -0.4 is 4.74 Å². The van der Waals surface area contributed by atoms with Gasteiger partial charge in [-0.3, -0.25) is 0 Å². The van der Waals surface area contributed by atoms with Crippen LogP contribution in [0.5, 0.6) is 28.7 Å². The normalized spacial score (nSPS) is 10.4. The van der Waals surface area contributed by atoms with Gasteiger partial charge < -0.3 is 25.2 Å². The van der Waals surface area contributed by atoms with E-state index >= 15 is 0 Å². The summed E-state index contributed by atoms with van der Waals surface area (Å²) >= 11 is 0. The Kier molecular flexibility index (Phi) is 3.89. The quantitative estimate of drug-likeness (QED) is 0.643. The van der Waals surface area contributed by atoms with Gasteiger partial charge in [0, 0.05) is 6.07 Å². The molecule has 0 atom stereocenters. The summed E-state index contributed by atoms with van der Waals surface area (Å²) in [5, 5.41) is 37.9. The number of phenolic OH excluding ortho intramolecular Hbond substituents is 4. The zero-order valence-electron chi connectivity index (χ0n) is 11.0. The van der Waals surface area contributed by atoms with Gasteiger partial charge >= 0.3 is 0 Å². The molecule has 0 saturated heterocycles. The molecule has 2 rings (SSSR count). The van der Waals surface area contributed by atoms with Crippen molar-refractivity contribution in [1.82, 2.24) is 0 Å². The van der Waals surface area contributed by atoms with Gasteiger partial charge in [0.15, 0.2) is 11.5 Å². The van der Waals surface area contributed by atoms with Crippen molar-refractivity contribution in [2.75, 3.05) is 7.11 Å². The van der Waals surface area contributed by atoms with Gasteiger partial charge in [-0.05, 0) is 48.2 Å². The Morgan fingerprint density at radius 1 is 0.800 bits per heavy atom. The number of aromatic hydroxyl groups is 4. The van der Waals surface area contributed by atoms with E-state index in [0.29, 0.717) is 12.8 Å². The van der Waals surface area contributed by atoms with E-state index in [1.165, 1.54) is 19.2 Å². The van der Waals surface area contributed by atoms with E-state index < -0.39 is 0 Å². The zero-order chi connectivity index (χ0) is 14.7. The van der Waals surface area contributed by atoms with Crippen LogP contribution in [0.25, 0.3) is 0 Å². The number of ether oxygens (including phenoxy) is 1. The predicted octanol–water partition coefficient (Wildman–Crippen LogP) is 2.30. The number of rotatable bonds is 4. The standard InChI is InChI=1S/C15H16O5/c1-20-14-7-10(6-13(18)15(14)19)3-2-9-4-11(16)8-12(17)5-9/h4-8,16-19H,2-3H2,1H3. The molecule has 0 saturated carbocycles. The number of hydrogen-bond acceptors (Lipinski definition) is 5. The molecule has 0 bridgehead atoms. The average molecular weight is 276 g/mol. The first-order valence-electron chi connectivity index (χ1n) is 6.10. The number of hydrogen-bond donors (Lipinski definition) is 4. The largest absolute Gasteiger partial charge is 0.508 e. The van der Waals surface area contributed by atoms with Gasteiger partial charge in [-0.15, -0.1) is 0 Å². The second kappa shape index (κ2) is 5.61. The van der Waals surface area contributed by atoms with E-state index in [1.54, 1.807) is 18.2 Å². The SMILES string of the molecule is COc1cc(CCc2cc(O)cc(O)c2)cc(O)c1O. The molecule has 0 heterocycles. The first-order valence-corrected chi connectivity index (χ1v) is 6.10. The molecule has 0 aliphatic heterocycles. The third kappa shape index (κ3) is 3.06. The lowest BCUT2D eigenvalue weighted by atomic mass is 10.0. The van der Waals surface area contributed by atoms with E-state index in [0.717, 1.165) is 11.1 Å². The van der Waals surface area contributed by atoms with Crippen LogP contribution in [0.2, 0.25) is 0 Å². The predicted molar refractivity (Wildman–Crippen MR) is 73.5 cm³/mol. The van der Waals surface area contributed by atoms with Gasteiger partial charge in [-0.1, -0.05) is 0 Å². The van der Waals surface area contributed by atoms with E-state index in [-0.39, 0.29) is 28.7 Å². The first-order chi connectivity index (χ1) is 9.49. The van der Waals surface area contributed by atoms with Crippen molar-refractivity contribution in [2.45, 2.75) is 12.8 Å². The molecule has 5 nitrogen and oxygen atoms in total. The summed E-state index contributed by atoms with van der Waals surface area (Å²) in [7, 11) is 1.41. The summed E-state index contributed by atoms with van der Waals surface area (Å²) in [4.78, 5) is 0. The molecule has 106 valence electrons. The maximum absolute atomic E-state index is 9.59. The van der Waals surface area contributed by atoms with Crippen molar-refractivity contribution >= 4 is 0 Å². The summed E-state index contributed by atoms with van der Waals surface area (Å²) in [5.41, 5.74) is 1.55. The van der Waals surface area contributed by atoms with Gasteiger partial charge in [0.2, 0.25) is 5.75 Å². The lowest BCUT2D eigenvalue weighted by molar-refractivity contribution is 0.350. The monoisotopic (exact) mass is 276 g/mol. The first kappa shape index (κ1) is 13.9. The van der Waals surface area contributed by atoms with Crippen LogP contribution in [0, 0.1) is 0 Å². The molecule has 0 spiro atoms. The lowest BCUT2D eigenvalue weighted by Crippen LogP contribution is -1.93. The molecule has 0 aromatic heterocycles. The minimum Gasteiger partial charge on any atom is -0.508 e. The molecular formula is C15H16O5. The highest BCUT2D eigenvalue weighted by Crippen LogP contribution is 2.36. The molecule has 0 amide bonds. The number of benzene rings is 2. The van der Waals surface area contributed by atoms with E-state index in [9.17, 15) is 20.4 Å². The highest BCUT2D eigenvalue weighted by molar-refractivity contribution is 5.52. The number of phenols is 4. The fourth-order valence-electron chi connectivity index (χ4n) is 2.04. The summed E-state index contributed by atoms with van der Waals surface area (Å²) in [6.07, 6.45) is 1.13. The minimum atomic E-state index is -0.286. The molecule has 0 aliphatic carbocycles. The van der Waals surface area contributed by atoms with Crippen molar-refractivity contribution in [3.05, 3.63) is 41.5 Å². The van der Waals surface area contributed by atoms with Crippen LogP contribution in [0.4, 0.5) is 0 Å². The molecule has 2 aromatic carbocycles. The van der Waals surface area contributed by atoms with Crippen molar-refractivity contribution < 1.29 is 25.2 Å². The fourth-order valence-corrected chi connectivity index (χ4v) is 2.04. The molecule has 2 aromatic rings. The second-order valence-electron chi connectivity index (χ2n) is 4.52. The Hall–Kier alpha value is -2.56. The molecule has 0 aliphatic rings. The van der Waals surface area contributed by atoms with Crippen LogP contribution in [-0.4, -0.2) is 27.5 Å². The van der Waals surface area contributed by atoms with Crippen molar-refractivity contribution in [2.24, 2.45) is 0 Å².